The summed E-state index contributed by atoms with van der Waals surface area (Å²) in [5.74, 6) is 2.49. The smallest absolute Gasteiger partial charge is 0.262 e. The van der Waals surface area contributed by atoms with Crippen molar-refractivity contribution in [2.75, 3.05) is 32.9 Å². The predicted octanol–water partition coefficient (Wildman–Crippen LogP) is 4.07. The van der Waals surface area contributed by atoms with E-state index >= 15 is 0 Å². The van der Waals surface area contributed by atoms with E-state index in [0.29, 0.717) is 51.3 Å². The summed E-state index contributed by atoms with van der Waals surface area (Å²) in [5, 5.41) is 2.74. The number of amides is 1. The molecular formula is C26H21NO8. The summed E-state index contributed by atoms with van der Waals surface area (Å²) in [7, 11) is 3.07. The molecule has 0 radical (unpaired) electrons. The van der Waals surface area contributed by atoms with Gasteiger partial charge in [-0.2, -0.15) is 0 Å². The minimum absolute atomic E-state index is 0.143. The Kier molecular flexibility index (Phi) is 5.88. The van der Waals surface area contributed by atoms with Gasteiger partial charge in [0, 0.05) is 23.4 Å². The molecule has 1 amide bonds. The fourth-order valence-corrected chi connectivity index (χ4v) is 3.74. The van der Waals surface area contributed by atoms with Crippen LogP contribution in [0.25, 0.3) is 6.08 Å². The Bertz CT molecular complexity index is 1350. The molecule has 2 aliphatic rings. The monoisotopic (exact) mass is 475 g/mol. The summed E-state index contributed by atoms with van der Waals surface area (Å²) in [4.78, 5) is 25.1. The van der Waals surface area contributed by atoms with Crippen molar-refractivity contribution in [3.05, 3.63) is 71.5 Å². The Morgan fingerprint density at radius 2 is 1.86 bits per heavy atom. The van der Waals surface area contributed by atoms with Crippen LogP contribution < -0.4 is 33.7 Å². The molecule has 3 aromatic rings. The molecule has 0 unspecified atom stereocenters. The van der Waals surface area contributed by atoms with Crippen molar-refractivity contribution < 1.29 is 38.0 Å². The maximum atomic E-state index is 12.8. The van der Waals surface area contributed by atoms with Gasteiger partial charge in [-0.3, -0.25) is 9.59 Å². The average molecular weight is 475 g/mol. The first-order valence-corrected chi connectivity index (χ1v) is 10.7. The van der Waals surface area contributed by atoms with Gasteiger partial charge in [0.2, 0.25) is 12.6 Å². The minimum atomic E-state index is -0.355. The number of carbonyl (C=O) groups excluding carboxylic acids is 2. The van der Waals surface area contributed by atoms with Crippen molar-refractivity contribution in [1.82, 2.24) is 0 Å². The molecule has 178 valence electrons. The van der Waals surface area contributed by atoms with Gasteiger partial charge in [0.15, 0.2) is 35.4 Å². The zero-order valence-electron chi connectivity index (χ0n) is 19.0. The maximum absolute atomic E-state index is 12.8. The predicted molar refractivity (Wildman–Crippen MR) is 126 cm³/mol. The zero-order chi connectivity index (χ0) is 24.4. The fourth-order valence-electron chi connectivity index (χ4n) is 3.74. The average Bonchev–Trinajstić information content (AvgIpc) is 3.46. The van der Waals surface area contributed by atoms with E-state index in [1.807, 2.05) is 0 Å². The Hall–Kier alpha value is -4.66. The molecule has 5 rings (SSSR count). The first kappa shape index (κ1) is 22.1. The SMILES string of the molecule is COc1cccc(C=C2Oc3cc(OCC(=O)Nc4ccc5c(c4)OCO5)ccc3C2=O)c1OC. The Balaban J connectivity index is 1.25. The number of hydrogen-bond acceptors (Lipinski definition) is 8. The van der Waals surface area contributed by atoms with Gasteiger partial charge in [0.1, 0.15) is 11.5 Å². The van der Waals surface area contributed by atoms with Crippen molar-refractivity contribution in [2.24, 2.45) is 0 Å². The summed E-state index contributed by atoms with van der Waals surface area (Å²) in [6.45, 7) is -0.0758. The van der Waals surface area contributed by atoms with Crippen LogP contribution in [0.5, 0.6) is 34.5 Å². The first-order valence-electron chi connectivity index (χ1n) is 10.7. The topological polar surface area (TPSA) is 102 Å². The standard InChI is InChI=1S/C26H21NO8/c1-30-20-5-3-4-15(26(20)31-2)10-23-25(29)18-8-7-17(12-21(18)35-23)32-13-24(28)27-16-6-9-19-22(11-16)34-14-33-19/h3-12H,13-14H2,1-2H3,(H,27,28). The van der Waals surface area contributed by atoms with Crippen LogP contribution in [0.2, 0.25) is 0 Å². The zero-order valence-corrected chi connectivity index (χ0v) is 19.0. The number of rotatable bonds is 7. The van der Waals surface area contributed by atoms with Crippen molar-refractivity contribution in [1.29, 1.82) is 0 Å². The van der Waals surface area contributed by atoms with Gasteiger partial charge >= 0.3 is 0 Å². The van der Waals surface area contributed by atoms with Crippen LogP contribution in [-0.4, -0.2) is 39.3 Å². The number of allylic oxidation sites excluding steroid dienone is 1. The highest BCUT2D eigenvalue weighted by atomic mass is 16.7. The lowest BCUT2D eigenvalue weighted by Gasteiger charge is -2.10. The lowest BCUT2D eigenvalue weighted by Crippen LogP contribution is -2.20. The van der Waals surface area contributed by atoms with Gasteiger partial charge < -0.3 is 33.7 Å². The molecule has 0 bridgehead atoms. The third-order valence-corrected chi connectivity index (χ3v) is 5.39. The lowest BCUT2D eigenvalue weighted by atomic mass is 10.1. The second kappa shape index (κ2) is 9.30. The van der Waals surface area contributed by atoms with Crippen molar-refractivity contribution in [2.45, 2.75) is 0 Å². The number of Topliss-reactive ketones (excluding diaryl/α,β-unsaturated/α-hetero) is 1. The highest BCUT2D eigenvalue weighted by molar-refractivity contribution is 6.14. The molecule has 0 aromatic heterocycles. The second-order valence-electron chi connectivity index (χ2n) is 7.59. The van der Waals surface area contributed by atoms with Crippen molar-refractivity contribution >= 4 is 23.5 Å². The van der Waals surface area contributed by atoms with Gasteiger partial charge in [-0.15, -0.1) is 0 Å². The second-order valence-corrected chi connectivity index (χ2v) is 7.59. The first-order chi connectivity index (χ1) is 17.1. The molecule has 2 heterocycles. The summed E-state index contributed by atoms with van der Waals surface area (Å²) in [5.41, 5.74) is 1.60. The van der Waals surface area contributed by atoms with Gasteiger partial charge in [0.25, 0.3) is 5.91 Å². The number of methoxy groups -OCH3 is 2. The number of hydrogen-bond donors (Lipinski definition) is 1. The molecule has 2 aliphatic heterocycles. The van der Waals surface area contributed by atoms with Gasteiger partial charge in [-0.05, 0) is 36.4 Å². The van der Waals surface area contributed by atoms with E-state index < -0.39 is 0 Å². The van der Waals surface area contributed by atoms with Gasteiger partial charge in [-0.25, -0.2) is 0 Å². The fraction of sp³-hybridized carbons (Fsp3) is 0.154. The minimum Gasteiger partial charge on any atom is -0.493 e. The third kappa shape index (κ3) is 4.43. The third-order valence-electron chi connectivity index (χ3n) is 5.39. The molecule has 0 saturated heterocycles. The van der Waals surface area contributed by atoms with E-state index in [2.05, 4.69) is 5.32 Å². The molecule has 9 heteroatoms. The van der Waals surface area contributed by atoms with Crippen molar-refractivity contribution in [3.8, 4) is 34.5 Å². The molecule has 0 saturated carbocycles. The number of para-hydroxylation sites is 1. The number of anilines is 1. The molecular weight excluding hydrogens is 454 g/mol. The molecule has 3 aromatic carbocycles. The van der Waals surface area contributed by atoms with E-state index in [1.54, 1.807) is 67.8 Å². The Morgan fingerprint density at radius 3 is 2.69 bits per heavy atom. The number of nitrogens with one attached hydrogen (secondary N) is 1. The number of carbonyl (C=O) groups is 2. The molecule has 35 heavy (non-hydrogen) atoms. The number of ketones is 1. The van der Waals surface area contributed by atoms with Crippen LogP contribution in [0.15, 0.2) is 60.4 Å². The van der Waals surface area contributed by atoms with Crippen LogP contribution in [0.1, 0.15) is 15.9 Å². The number of benzene rings is 3. The Labute approximate surface area is 200 Å². The van der Waals surface area contributed by atoms with E-state index in [0.717, 1.165) is 0 Å². The van der Waals surface area contributed by atoms with Gasteiger partial charge in [0.05, 0.1) is 19.8 Å². The molecule has 0 aliphatic carbocycles. The van der Waals surface area contributed by atoms with Crippen LogP contribution in [0.4, 0.5) is 5.69 Å². The highest BCUT2D eigenvalue weighted by Crippen LogP contribution is 2.38. The highest BCUT2D eigenvalue weighted by Gasteiger charge is 2.28. The van der Waals surface area contributed by atoms with Gasteiger partial charge in [-0.1, -0.05) is 12.1 Å². The van der Waals surface area contributed by atoms with Crippen LogP contribution in [-0.2, 0) is 4.79 Å². The summed E-state index contributed by atoms with van der Waals surface area (Å²) in [6.07, 6.45) is 1.60. The summed E-state index contributed by atoms with van der Waals surface area (Å²) >= 11 is 0. The van der Waals surface area contributed by atoms with Crippen molar-refractivity contribution in [3.63, 3.8) is 0 Å². The largest absolute Gasteiger partial charge is 0.493 e. The van der Waals surface area contributed by atoms with E-state index in [9.17, 15) is 9.59 Å². The number of fused-ring (bicyclic) bond motifs is 2. The molecule has 0 atom stereocenters. The number of ether oxygens (including phenoxy) is 6. The van der Waals surface area contributed by atoms with E-state index in [-0.39, 0.29) is 30.8 Å². The van der Waals surface area contributed by atoms with E-state index in [4.69, 9.17) is 28.4 Å². The molecule has 0 spiro atoms. The normalized spacial score (nSPS) is 14.3. The van der Waals surface area contributed by atoms with Crippen LogP contribution >= 0.6 is 0 Å². The van der Waals surface area contributed by atoms with Crippen LogP contribution in [0, 0.1) is 0 Å². The quantitative estimate of drug-likeness (QED) is 0.511. The molecule has 0 fully saturated rings. The van der Waals surface area contributed by atoms with Crippen LogP contribution in [0.3, 0.4) is 0 Å². The Morgan fingerprint density at radius 1 is 1.00 bits per heavy atom. The van der Waals surface area contributed by atoms with E-state index in [1.165, 1.54) is 7.11 Å². The lowest BCUT2D eigenvalue weighted by molar-refractivity contribution is -0.118. The summed E-state index contributed by atoms with van der Waals surface area (Å²) in [6, 6.07) is 15.3. The molecule has 9 nitrogen and oxygen atoms in total. The maximum Gasteiger partial charge on any atom is 0.262 e. The molecule has 1 N–H and O–H groups in total. The summed E-state index contributed by atoms with van der Waals surface area (Å²) < 4.78 is 32.7.